The predicted octanol–water partition coefficient (Wildman–Crippen LogP) is 5.48. The van der Waals surface area contributed by atoms with Gasteiger partial charge in [0.1, 0.15) is 12.2 Å². The van der Waals surface area contributed by atoms with Crippen LogP contribution in [-0.4, -0.2) is 36.0 Å². The van der Waals surface area contributed by atoms with Crippen molar-refractivity contribution >= 4 is 29.3 Å². The van der Waals surface area contributed by atoms with Gasteiger partial charge in [-0.25, -0.2) is 0 Å². The van der Waals surface area contributed by atoms with Gasteiger partial charge in [-0.1, -0.05) is 61.8 Å². The summed E-state index contributed by atoms with van der Waals surface area (Å²) in [5, 5.41) is 0.594. The topological polar surface area (TPSA) is 78.9 Å². The first-order valence-electron chi connectivity index (χ1n) is 11.5. The predicted molar refractivity (Wildman–Crippen MR) is 129 cm³/mol. The third kappa shape index (κ3) is 6.05. The molecule has 0 radical (unpaired) electrons. The van der Waals surface area contributed by atoms with Gasteiger partial charge >= 0.3 is 11.9 Å². The summed E-state index contributed by atoms with van der Waals surface area (Å²) in [5.74, 6) is -1.05. The molecule has 2 aromatic carbocycles. The molecule has 1 heterocycles. The van der Waals surface area contributed by atoms with Crippen LogP contribution in [0.25, 0.3) is 0 Å². The Morgan fingerprint density at radius 3 is 2.12 bits per heavy atom. The standard InChI is InChI=1S/C27H31ClO6/c1-6-24-15(2)25(32-17(4)30)27(33-18(5)31)26(34-24)21-11-12-23(28)22(14-21)13-19-7-9-20(10-8-19)16(3)29/h7-12,14-15,24-27H,6,13H2,1-5H3/t15-,24-,25+,26+,27-/m1/s1. The second kappa shape index (κ2) is 11.2. The quantitative estimate of drug-likeness (QED) is 0.380. The number of Topliss-reactive ketones (excluding diaryl/α,β-unsaturated/α-hetero) is 1. The van der Waals surface area contributed by atoms with E-state index >= 15 is 0 Å². The number of esters is 2. The van der Waals surface area contributed by atoms with Gasteiger partial charge in [0.25, 0.3) is 0 Å². The van der Waals surface area contributed by atoms with Crippen LogP contribution in [0.3, 0.4) is 0 Å². The molecule has 0 bridgehead atoms. The van der Waals surface area contributed by atoms with Crippen LogP contribution in [0.4, 0.5) is 0 Å². The van der Waals surface area contributed by atoms with E-state index in [9.17, 15) is 14.4 Å². The minimum absolute atomic E-state index is 0.0135. The van der Waals surface area contributed by atoms with Crippen molar-refractivity contribution in [3.63, 3.8) is 0 Å². The van der Waals surface area contributed by atoms with E-state index < -0.39 is 30.3 Å². The van der Waals surface area contributed by atoms with E-state index in [1.54, 1.807) is 18.2 Å². The maximum Gasteiger partial charge on any atom is 0.303 e. The molecule has 0 aliphatic carbocycles. The first-order chi connectivity index (χ1) is 16.1. The lowest BCUT2D eigenvalue weighted by Crippen LogP contribution is -2.52. The molecule has 0 saturated carbocycles. The Morgan fingerprint density at radius 2 is 1.56 bits per heavy atom. The Kier molecular flexibility index (Phi) is 8.50. The van der Waals surface area contributed by atoms with Gasteiger partial charge in [0, 0.05) is 30.4 Å². The van der Waals surface area contributed by atoms with Crippen LogP contribution < -0.4 is 0 Å². The van der Waals surface area contributed by atoms with Crippen LogP contribution in [0.5, 0.6) is 0 Å². The second-order valence-corrected chi connectivity index (χ2v) is 9.20. The van der Waals surface area contributed by atoms with Gasteiger partial charge in [0.15, 0.2) is 11.9 Å². The SMILES string of the molecule is CC[C@H]1O[C@@H](c2ccc(Cl)c(Cc3ccc(C(C)=O)cc3)c2)[C@H](OC(C)=O)[C@@H](OC(C)=O)[C@@H]1C. The van der Waals surface area contributed by atoms with Crippen molar-refractivity contribution in [3.05, 3.63) is 69.7 Å². The van der Waals surface area contributed by atoms with E-state index in [2.05, 4.69) is 0 Å². The summed E-state index contributed by atoms with van der Waals surface area (Å²) in [7, 11) is 0. The summed E-state index contributed by atoms with van der Waals surface area (Å²) < 4.78 is 17.7. The molecule has 0 aromatic heterocycles. The maximum atomic E-state index is 12.0. The lowest BCUT2D eigenvalue weighted by atomic mass is 9.84. The fourth-order valence-corrected chi connectivity index (χ4v) is 4.66. The lowest BCUT2D eigenvalue weighted by Gasteiger charge is -2.44. The smallest absolute Gasteiger partial charge is 0.303 e. The van der Waals surface area contributed by atoms with Gasteiger partial charge in [0.05, 0.1) is 6.10 Å². The highest BCUT2D eigenvalue weighted by Gasteiger charge is 2.47. The summed E-state index contributed by atoms with van der Waals surface area (Å²) in [4.78, 5) is 35.4. The molecule has 0 spiro atoms. The van der Waals surface area contributed by atoms with Crippen molar-refractivity contribution in [2.24, 2.45) is 5.92 Å². The average Bonchev–Trinajstić information content (AvgIpc) is 2.78. The highest BCUT2D eigenvalue weighted by atomic mass is 35.5. The van der Waals surface area contributed by atoms with Gasteiger partial charge in [-0.05, 0) is 42.5 Å². The number of carbonyl (C=O) groups excluding carboxylic acids is 3. The Bertz CT molecular complexity index is 1050. The fraction of sp³-hybridized carbons (Fsp3) is 0.444. The number of carbonyl (C=O) groups is 3. The number of rotatable bonds is 7. The molecule has 0 N–H and O–H groups in total. The fourth-order valence-electron chi connectivity index (χ4n) is 4.48. The monoisotopic (exact) mass is 486 g/mol. The van der Waals surface area contributed by atoms with Crippen molar-refractivity contribution in [3.8, 4) is 0 Å². The minimum Gasteiger partial charge on any atom is -0.458 e. The zero-order valence-electron chi connectivity index (χ0n) is 20.2. The Morgan fingerprint density at radius 1 is 0.941 bits per heavy atom. The van der Waals surface area contributed by atoms with E-state index in [0.29, 0.717) is 23.4 Å². The van der Waals surface area contributed by atoms with E-state index in [1.165, 1.54) is 20.8 Å². The third-order valence-electron chi connectivity index (χ3n) is 6.21. The summed E-state index contributed by atoms with van der Waals surface area (Å²) in [6.07, 6.45) is -0.960. The molecule has 1 aliphatic heterocycles. The number of benzene rings is 2. The number of ether oxygens (including phenoxy) is 3. The molecule has 7 heteroatoms. The summed E-state index contributed by atoms with van der Waals surface area (Å²) in [6, 6.07) is 13.0. The first-order valence-corrected chi connectivity index (χ1v) is 11.9. The number of halogens is 1. The molecule has 3 rings (SSSR count). The van der Waals surface area contributed by atoms with Crippen molar-refractivity contribution in [1.29, 1.82) is 0 Å². The van der Waals surface area contributed by atoms with Crippen molar-refractivity contribution in [2.45, 2.75) is 71.9 Å². The molecule has 5 atom stereocenters. The Labute approximate surface area is 205 Å². The molecule has 34 heavy (non-hydrogen) atoms. The van der Waals surface area contributed by atoms with Gasteiger partial charge in [-0.2, -0.15) is 0 Å². The van der Waals surface area contributed by atoms with Gasteiger partial charge in [0.2, 0.25) is 0 Å². The van der Waals surface area contributed by atoms with Gasteiger partial charge < -0.3 is 14.2 Å². The third-order valence-corrected chi connectivity index (χ3v) is 6.58. The molecule has 0 unspecified atom stereocenters. The van der Waals surface area contributed by atoms with Crippen LogP contribution >= 0.6 is 11.6 Å². The zero-order valence-corrected chi connectivity index (χ0v) is 20.9. The lowest BCUT2D eigenvalue weighted by molar-refractivity contribution is -0.225. The maximum absolute atomic E-state index is 12.0. The molecule has 1 fully saturated rings. The second-order valence-electron chi connectivity index (χ2n) is 8.79. The average molecular weight is 487 g/mol. The number of hydrogen-bond acceptors (Lipinski definition) is 6. The van der Waals surface area contributed by atoms with E-state index in [4.69, 9.17) is 25.8 Å². The van der Waals surface area contributed by atoms with E-state index in [-0.39, 0.29) is 17.8 Å². The summed E-state index contributed by atoms with van der Waals surface area (Å²) in [5.41, 5.74) is 3.31. The van der Waals surface area contributed by atoms with Crippen molar-refractivity contribution in [1.82, 2.24) is 0 Å². The summed E-state index contributed by atoms with van der Waals surface area (Å²) in [6.45, 7) is 8.16. The van der Waals surface area contributed by atoms with Gasteiger partial charge in [-0.15, -0.1) is 0 Å². The normalized spacial score (nSPS) is 24.4. The van der Waals surface area contributed by atoms with Crippen LogP contribution in [0.2, 0.25) is 5.02 Å². The van der Waals surface area contributed by atoms with Gasteiger partial charge in [-0.3, -0.25) is 14.4 Å². The van der Waals surface area contributed by atoms with E-state index in [0.717, 1.165) is 16.7 Å². The van der Waals surface area contributed by atoms with Crippen molar-refractivity contribution in [2.75, 3.05) is 0 Å². The molecule has 1 aliphatic rings. The molecule has 6 nitrogen and oxygen atoms in total. The molecular formula is C27H31ClO6. The Hall–Kier alpha value is -2.70. The molecule has 2 aromatic rings. The van der Waals surface area contributed by atoms with Crippen molar-refractivity contribution < 1.29 is 28.6 Å². The largest absolute Gasteiger partial charge is 0.458 e. The number of hydrogen-bond donors (Lipinski definition) is 0. The van der Waals surface area contributed by atoms with Crippen LogP contribution in [0.1, 0.15) is 74.2 Å². The zero-order chi connectivity index (χ0) is 25.0. The summed E-state index contributed by atoms with van der Waals surface area (Å²) >= 11 is 6.51. The molecule has 182 valence electrons. The molecular weight excluding hydrogens is 456 g/mol. The Balaban J connectivity index is 1.97. The first kappa shape index (κ1) is 25.9. The number of ketones is 1. The van der Waals surface area contributed by atoms with Crippen LogP contribution in [0.15, 0.2) is 42.5 Å². The van der Waals surface area contributed by atoms with Crippen LogP contribution in [0, 0.1) is 5.92 Å². The molecule has 1 saturated heterocycles. The highest BCUT2D eigenvalue weighted by Crippen LogP contribution is 2.40. The minimum atomic E-state index is -0.789. The van der Waals surface area contributed by atoms with Crippen LogP contribution in [-0.2, 0) is 30.2 Å². The highest BCUT2D eigenvalue weighted by molar-refractivity contribution is 6.31. The molecule has 0 amide bonds. The van der Waals surface area contributed by atoms with E-state index in [1.807, 2.05) is 38.1 Å².